The topological polar surface area (TPSA) is 38.7 Å². The van der Waals surface area contributed by atoms with Gasteiger partial charge in [0.15, 0.2) is 11.9 Å². The van der Waals surface area contributed by atoms with Crippen LogP contribution in [-0.4, -0.2) is 29.8 Å². The number of halogens is 5. The van der Waals surface area contributed by atoms with Crippen LogP contribution >= 0.6 is 34.8 Å². The zero-order valence-electron chi connectivity index (χ0n) is 17.7. The second-order valence-electron chi connectivity index (χ2n) is 7.78. The molecule has 1 atom stereocenters. The summed E-state index contributed by atoms with van der Waals surface area (Å²) in [5, 5.41) is 10.4. The van der Waals surface area contributed by atoms with Crippen molar-refractivity contribution in [3.05, 3.63) is 57.6 Å². The van der Waals surface area contributed by atoms with Gasteiger partial charge in [0.05, 0.1) is 16.7 Å². The van der Waals surface area contributed by atoms with Crippen LogP contribution < -0.4 is 9.47 Å². The highest BCUT2D eigenvalue weighted by Crippen LogP contribution is 2.41. The van der Waals surface area contributed by atoms with Gasteiger partial charge in [0, 0.05) is 11.3 Å². The van der Waals surface area contributed by atoms with E-state index in [9.17, 15) is 13.9 Å². The molecule has 0 aliphatic heterocycles. The van der Waals surface area contributed by atoms with Crippen LogP contribution in [-0.2, 0) is 5.41 Å². The molecule has 0 radical (unpaired) electrons. The molecule has 0 heterocycles. The highest BCUT2D eigenvalue weighted by Gasteiger charge is 2.40. The molecular formula is C23H27Cl3F2O3. The predicted molar refractivity (Wildman–Crippen MR) is 122 cm³/mol. The van der Waals surface area contributed by atoms with Gasteiger partial charge >= 0.3 is 6.11 Å². The minimum absolute atomic E-state index is 0.0289. The average molecular weight is 496 g/mol. The average Bonchev–Trinajstić information content (AvgIpc) is 2.70. The van der Waals surface area contributed by atoms with Crippen molar-refractivity contribution in [3.63, 3.8) is 0 Å². The maximum absolute atomic E-state index is 14.0. The number of benzene rings is 2. The summed E-state index contributed by atoms with van der Waals surface area (Å²) in [4.78, 5) is 0. The lowest BCUT2D eigenvalue weighted by Crippen LogP contribution is -2.39. The first-order valence-electron chi connectivity index (χ1n) is 10.1. The zero-order valence-corrected chi connectivity index (χ0v) is 20.0. The zero-order chi connectivity index (χ0) is 23.2. The van der Waals surface area contributed by atoms with Gasteiger partial charge in [-0.3, -0.25) is 0 Å². The first-order valence-corrected chi connectivity index (χ1v) is 11.4. The Morgan fingerprint density at radius 3 is 2.13 bits per heavy atom. The van der Waals surface area contributed by atoms with Crippen LogP contribution in [0.1, 0.15) is 51.2 Å². The molecule has 0 aliphatic rings. The number of aliphatic hydroxyl groups is 1. The third-order valence-electron chi connectivity index (χ3n) is 5.02. The molecule has 0 saturated heterocycles. The van der Waals surface area contributed by atoms with Gasteiger partial charge < -0.3 is 14.6 Å². The summed E-state index contributed by atoms with van der Waals surface area (Å²) < 4.78 is 38.4. The molecule has 2 aromatic rings. The first kappa shape index (κ1) is 26.0. The van der Waals surface area contributed by atoms with E-state index in [-0.39, 0.29) is 12.2 Å². The normalized spacial score (nSPS) is 13.2. The lowest BCUT2D eigenvalue weighted by molar-refractivity contribution is -0.240. The second-order valence-corrected chi connectivity index (χ2v) is 8.97. The van der Waals surface area contributed by atoms with Gasteiger partial charge in [0.25, 0.3) is 0 Å². The summed E-state index contributed by atoms with van der Waals surface area (Å²) in [5.41, 5.74) is 1.16. The SMILES string of the molecule is CCCC(O)C(F)(F)Oc1ccc(C(C)(C)c2cc(Cl)c(OCCCCl)c(Cl)c2)cc1. The quantitative estimate of drug-likeness (QED) is 0.260. The first-order chi connectivity index (χ1) is 14.5. The fourth-order valence-electron chi connectivity index (χ4n) is 3.06. The van der Waals surface area contributed by atoms with Crippen LogP contribution in [0.25, 0.3) is 0 Å². The summed E-state index contributed by atoms with van der Waals surface area (Å²) in [6.07, 6.45) is -4.47. The number of hydrogen-bond acceptors (Lipinski definition) is 3. The Kier molecular flexibility index (Phi) is 9.26. The standard InChI is InChI=1S/C23H27Cl3F2O3/c1-4-6-20(29)23(27,28)31-17-9-7-15(8-10-17)22(2,3)16-13-18(25)21(19(26)14-16)30-12-5-11-24/h7-10,13-14,20,29H,4-6,11-12H2,1-3H3. The molecule has 2 aromatic carbocycles. The molecule has 8 heteroatoms. The van der Waals surface area contributed by atoms with Crippen LogP contribution in [0.4, 0.5) is 8.78 Å². The molecule has 0 spiro atoms. The summed E-state index contributed by atoms with van der Waals surface area (Å²) in [5.74, 6) is 0.854. The van der Waals surface area contributed by atoms with Gasteiger partial charge in [-0.25, -0.2) is 0 Å². The molecule has 2 rings (SSSR count). The second kappa shape index (κ2) is 11.0. The van der Waals surface area contributed by atoms with Crippen molar-refractivity contribution in [1.29, 1.82) is 0 Å². The summed E-state index contributed by atoms with van der Waals surface area (Å²) in [7, 11) is 0. The van der Waals surface area contributed by atoms with Crippen LogP contribution in [0.2, 0.25) is 10.0 Å². The minimum atomic E-state index is -3.66. The third-order valence-corrected chi connectivity index (χ3v) is 5.85. The van der Waals surface area contributed by atoms with Gasteiger partial charge in [-0.1, -0.05) is 62.5 Å². The Morgan fingerprint density at radius 1 is 1.03 bits per heavy atom. The summed E-state index contributed by atoms with van der Waals surface area (Å²) in [6.45, 7) is 6.06. The van der Waals surface area contributed by atoms with Crippen molar-refractivity contribution in [2.24, 2.45) is 0 Å². The van der Waals surface area contributed by atoms with E-state index in [1.165, 1.54) is 12.1 Å². The molecule has 0 amide bonds. The van der Waals surface area contributed by atoms with Crippen molar-refractivity contribution >= 4 is 34.8 Å². The molecule has 0 aromatic heterocycles. The molecule has 0 bridgehead atoms. The van der Waals surface area contributed by atoms with E-state index in [1.54, 1.807) is 31.2 Å². The molecular weight excluding hydrogens is 469 g/mol. The number of ether oxygens (including phenoxy) is 2. The van der Waals surface area contributed by atoms with Crippen molar-refractivity contribution in [3.8, 4) is 11.5 Å². The molecule has 31 heavy (non-hydrogen) atoms. The molecule has 0 saturated carbocycles. The van der Waals surface area contributed by atoms with Gasteiger partial charge in [-0.05, 0) is 48.2 Å². The molecule has 172 valence electrons. The Bertz CT molecular complexity index is 835. The van der Waals surface area contributed by atoms with Crippen LogP contribution in [0.3, 0.4) is 0 Å². The van der Waals surface area contributed by atoms with Crippen molar-refractivity contribution in [1.82, 2.24) is 0 Å². The largest absolute Gasteiger partial charge is 0.490 e. The van der Waals surface area contributed by atoms with E-state index in [1.807, 2.05) is 13.8 Å². The Hall–Kier alpha value is -1.27. The van der Waals surface area contributed by atoms with Crippen molar-refractivity contribution < 1.29 is 23.4 Å². The predicted octanol–water partition coefficient (Wildman–Crippen LogP) is 7.46. The van der Waals surface area contributed by atoms with Gasteiger partial charge in [-0.15, -0.1) is 11.6 Å². The maximum atomic E-state index is 14.0. The molecule has 3 nitrogen and oxygen atoms in total. The number of hydrogen-bond donors (Lipinski definition) is 1. The lowest BCUT2D eigenvalue weighted by atomic mass is 9.78. The Morgan fingerprint density at radius 2 is 1.61 bits per heavy atom. The fraction of sp³-hybridized carbons (Fsp3) is 0.478. The van der Waals surface area contributed by atoms with E-state index in [0.29, 0.717) is 41.1 Å². The van der Waals surface area contributed by atoms with E-state index < -0.39 is 17.6 Å². The highest BCUT2D eigenvalue weighted by molar-refractivity contribution is 6.37. The lowest BCUT2D eigenvalue weighted by Gasteiger charge is -2.28. The number of aliphatic hydroxyl groups excluding tert-OH is 1. The van der Waals surface area contributed by atoms with Crippen molar-refractivity contribution in [2.75, 3.05) is 12.5 Å². The molecule has 0 fully saturated rings. The van der Waals surface area contributed by atoms with E-state index in [2.05, 4.69) is 0 Å². The molecule has 1 N–H and O–H groups in total. The smallest absolute Gasteiger partial charge is 0.424 e. The Balaban J connectivity index is 2.22. The number of alkyl halides is 3. The minimum Gasteiger partial charge on any atom is -0.490 e. The Labute approximate surface area is 197 Å². The molecule has 0 aliphatic carbocycles. The third kappa shape index (κ3) is 6.61. The van der Waals surface area contributed by atoms with Crippen LogP contribution in [0, 0.1) is 0 Å². The van der Waals surface area contributed by atoms with E-state index >= 15 is 0 Å². The van der Waals surface area contributed by atoms with Gasteiger partial charge in [0.1, 0.15) is 5.75 Å². The van der Waals surface area contributed by atoms with Gasteiger partial charge in [-0.2, -0.15) is 8.78 Å². The summed E-state index contributed by atoms with van der Waals surface area (Å²) in [6, 6.07) is 9.87. The highest BCUT2D eigenvalue weighted by atomic mass is 35.5. The monoisotopic (exact) mass is 494 g/mol. The van der Waals surface area contributed by atoms with Crippen LogP contribution in [0.15, 0.2) is 36.4 Å². The molecule has 1 unspecified atom stereocenters. The van der Waals surface area contributed by atoms with E-state index in [4.69, 9.17) is 44.3 Å². The fourth-order valence-corrected chi connectivity index (χ4v) is 3.77. The van der Waals surface area contributed by atoms with E-state index in [0.717, 1.165) is 11.1 Å². The summed E-state index contributed by atoms with van der Waals surface area (Å²) >= 11 is 18.4. The van der Waals surface area contributed by atoms with Crippen molar-refractivity contribution in [2.45, 2.75) is 57.7 Å². The number of rotatable bonds is 11. The van der Waals surface area contributed by atoms with Crippen LogP contribution in [0.5, 0.6) is 11.5 Å². The van der Waals surface area contributed by atoms with Gasteiger partial charge in [0.2, 0.25) is 0 Å². The maximum Gasteiger partial charge on any atom is 0.424 e.